The summed E-state index contributed by atoms with van der Waals surface area (Å²) < 4.78 is 36.4. The van der Waals surface area contributed by atoms with Crippen LogP contribution in [0.4, 0.5) is 25.2 Å². The zero-order chi connectivity index (χ0) is 21.6. The van der Waals surface area contributed by atoms with Gasteiger partial charge in [-0.1, -0.05) is 0 Å². The molecule has 1 saturated carbocycles. The van der Waals surface area contributed by atoms with Gasteiger partial charge < -0.3 is 15.0 Å². The normalized spacial score (nSPS) is 23.6. The van der Waals surface area contributed by atoms with Gasteiger partial charge in [-0.25, -0.2) is 28.5 Å². The van der Waals surface area contributed by atoms with Crippen LogP contribution in [0.25, 0.3) is 10.8 Å². The summed E-state index contributed by atoms with van der Waals surface area (Å²) in [4.78, 5) is 29.4. The number of alkyl halides is 2. The van der Waals surface area contributed by atoms with Gasteiger partial charge in [0.15, 0.2) is 10.8 Å². The molecule has 2 aromatic rings. The van der Waals surface area contributed by atoms with Crippen molar-refractivity contribution in [3.63, 3.8) is 0 Å². The van der Waals surface area contributed by atoms with Crippen molar-refractivity contribution in [3.05, 3.63) is 11.9 Å². The van der Waals surface area contributed by atoms with E-state index < -0.39 is 5.92 Å². The SMILES string of the molecule is Cc1nsc(-c2nc(NC3CCC(F)(F)CC3)cc(N3CCN4C(=O)OC[C@@H]4C3)n2)n1. The molecule has 0 bridgehead atoms. The summed E-state index contributed by atoms with van der Waals surface area (Å²) >= 11 is 1.22. The smallest absolute Gasteiger partial charge is 0.410 e. The molecule has 0 spiro atoms. The molecule has 5 rings (SSSR count). The number of hydrogen-bond acceptors (Lipinski definition) is 9. The molecule has 9 nitrogen and oxygen atoms in total. The van der Waals surface area contributed by atoms with Gasteiger partial charge in [-0.3, -0.25) is 4.90 Å². The molecule has 1 N–H and O–H groups in total. The van der Waals surface area contributed by atoms with Gasteiger partial charge in [0.05, 0.1) is 6.04 Å². The summed E-state index contributed by atoms with van der Waals surface area (Å²) in [5.41, 5.74) is 0. The van der Waals surface area contributed by atoms with Crippen LogP contribution in [-0.2, 0) is 4.74 Å². The Bertz CT molecular complexity index is 978. The quantitative estimate of drug-likeness (QED) is 0.758. The van der Waals surface area contributed by atoms with Gasteiger partial charge in [0.1, 0.15) is 24.1 Å². The second-order valence-electron chi connectivity index (χ2n) is 8.23. The van der Waals surface area contributed by atoms with Crippen molar-refractivity contribution >= 4 is 29.3 Å². The molecule has 3 fully saturated rings. The van der Waals surface area contributed by atoms with E-state index in [4.69, 9.17) is 9.72 Å². The molecular formula is C19H23F2N7O2S. The number of aromatic nitrogens is 4. The first-order valence-electron chi connectivity index (χ1n) is 10.4. The van der Waals surface area contributed by atoms with Crippen molar-refractivity contribution in [2.24, 2.45) is 0 Å². The molecule has 2 saturated heterocycles. The highest BCUT2D eigenvalue weighted by atomic mass is 32.1. The van der Waals surface area contributed by atoms with Crippen molar-refractivity contribution in [3.8, 4) is 10.8 Å². The van der Waals surface area contributed by atoms with Crippen LogP contribution >= 0.6 is 11.5 Å². The molecule has 0 unspecified atom stereocenters. The number of rotatable bonds is 4. The number of amides is 1. The molecule has 2 aliphatic heterocycles. The van der Waals surface area contributed by atoms with Crippen LogP contribution in [0.2, 0.25) is 0 Å². The van der Waals surface area contributed by atoms with Crippen molar-refractivity contribution < 1.29 is 18.3 Å². The summed E-state index contributed by atoms with van der Waals surface area (Å²) in [6, 6.07) is 1.77. The van der Waals surface area contributed by atoms with Crippen LogP contribution < -0.4 is 10.2 Å². The van der Waals surface area contributed by atoms with Crippen LogP contribution in [-0.4, -0.2) is 74.6 Å². The highest BCUT2D eigenvalue weighted by Gasteiger charge is 2.38. The van der Waals surface area contributed by atoms with Crippen molar-refractivity contribution in [1.82, 2.24) is 24.2 Å². The van der Waals surface area contributed by atoms with Crippen molar-refractivity contribution in [2.75, 3.05) is 36.5 Å². The first kappa shape index (κ1) is 20.3. The van der Waals surface area contributed by atoms with Gasteiger partial charge in [0, 0.05) is 44.6 Å². The average Bonchev–Trinajstić information content (AvgIpc) is 3.35. The monoisotopic (exact) mass is 451 g/mol. The Balaban J connectivity index is 1.40. The largest absolute Gasteiger partial charge is 0.447 e. The predicted octanol–water partition coefficient (Wildman–Crippen LogP) is 2.93. The second-order valence-corrected chi connectivity index (χ2v) is 8.98. The van der Waals surface area contributed by atoms with Crippen LogP contribution in [0, 0.1) is 6.92 Å². The molecule has 1 aliphatic carbocycles. The molecule has 12 heteroatoms. The zero-order valence-corrected chi connectivity index (χ0v) is 17.9. The number of carbonyl (C=O) groups excluding carboxylic acids is 1. The molecule has 31 heavy (non-hydrogen) atoms. The van der Waals surface area contributed by atoms with E-state index in [0.717, 1.165) is 0 Å². The van der Waals surface area contributed by atoms with Gasteiger partial charge >= 0.3 is 6.09 Å². The fraction of sp³-hybridized carbons (Fsp3) is 0.632. The number of nitrogens with zero attached hydrogens (tertiary/aromatic N) is 6. The summed E-state index contributed by atoms with van der Waals surface area (Å²) in [6.45, 7) is 3.95. The number of aryl methyl sites for hydroxylation is 1. The third-order valence-corrected chi connectivity index (χ3v) is 6.74. The predicted molar refractivity (Wildman–Crippen MR) is 111 cm³/mol. The van der Waals surface area contributed by atoms with Crippen LogP contribution in [0.15, 0.2) is 6.07 Å². The molecular weight excluding hydrogens is 428 g/mol. The summed E-state index contributed by atoms with van der Waals surface area (Å²) in [5.74, 6) is -0.184. The number of anilines is 2. The minimum atomic E-state index is -2.58. The van der Waals surface area contributed by atoms with E-state index >= 15 is 0 Å². The third kappa shape index (κ3) is 4.25. The van der Waals surface area contributed by atoms with E-state index in [1.807, 2.05) is 13.0 Å². The molecule has 3 aliphatic rings. The molecule has 0 radical (unpaired) electrons. The number of carbonyl (C=O) groups is 1. The summed E-state index contributed by atoms with van der Waals surface area (Å²) in [5, 5.41) is 3.93. The van der Waals surface area contributed by atoms with E-state index in [1.165, 1.54) is 11.5 Å². The highest BCUT2D eigenvalue weighted by molar-refractivity contribution is 7.09. The zero-order valence-electron chi connectivity index (χ0n) is 17.1. The van der Waals surface area contributed by atoms with Crippen LogP contribution in [0.3, 0.4) is 0 Å². The van der Waals surface area contributed by atoms with Crippen molar-refractivity contribution in [2.45, 2.75) is 50.6 Å². The van der Waals surface area contributed by atoms with Crippen molar-refractivity contribution in [1.29, 1.82) is 0 Å². The number of fused-ring (bicyclic) bond motifs is 1. The van der Waals surface area contributed by atoms with Crippen LogP contribution in [0.5, 0.6) is 0 Å². The standard InChI is InChI=1S/C19H23F2N7O2S/c1-11-22-17(31-26-11)16-24-14(23-12-2-4-19(20,21)5-3-12)8-15(25-16)27-6-7-28-13(9-27)10-30-18(28)29/h8,12-13H,2-7,9-10H2,1H3,(H,23,24,25)/t13-/m0/s1. The Hall–Kier alpha value is -2.63. The molecule has 1 amide bonds. The topological polar surface area (TPSA) is 96.4 Å². The summed E-state index contributed by atoms with van der Waals surface area (Å²) in [6.07, 6.45) is 0.263. The Morgan fingerprint density at radius 1 is 1.23 bits per heavy atom. The number of piperazine rings is 1. The first-order chi connectivity index (χ1) is 14.9. The second kappa shape index (κ2) is 7.81. The number of cyclic esters (lactones) is 1. The van der Waals surface area contributed by atoms with Gasteiger partial charge in [-0.2, -0.15) is 4.37 Å². The van der Waals surface area contributed by atoms with E-state index in [-0.39, 0.29) is 31.0 Å². The first-order valence-corrected chi connectivity index (χ1v) is 11.2. The Labute approximate surface area is 182 Å². The fourth-order valence-corrected chi connectivity index (χ4v) is 4.85. The molecule has 2 aromatic heterocycles. The fourth-order valence-electron chi connectivity index (χ4n) is 4.24. The maximum atomic E-state index is 13.5. The molecule has 4 heterocycles. The van der Waals surface area contributed by atoms with Gasteiger partial charge in [-0.15, -0.1) is 0 Å². The number of hydrogen-bond donors (Lipinski definition) is 1. The van der Waals surface area contributed by atoms with E-state index in [2.05, 4.69) is 24.6 Å². The third-order valence-electron chi connectivity index (χ3n) is 5.94. The molecule has 166 valence electrons. The van der Waals surface area contributed by atoms with Crippen LogP contribution in [0.1, 0.15) is 31.5 Å². The minimum absolute atomic E-state index is 0.0135. The minimum Gasteiger partial charge on any atom is -0.447 e. The average molecular weight is 452 g/mol. The highest BCUT2D eigenvalue weighted by Crippen LogP contribution is 2.35. The lowest BCUT2D eigenvalue weighted by Crippen LogP contribution is -2.52. The Morgan fingerprint density at radius 2 is 2.03 bits per heavy atom. The van der Waals surface area contributed by atoms with E-state index in [9.17, 15) is 13.6 Å². The Kier molecular flexibility index (Phi) is 5.11. The van der Waals surface area contributed by atoms with Gasteiger partial charge in [-0.05, 0) is 31.3 Å². The maximum absolute atomic E-state index is 13.5. The van der Waals surface area contributed by atoms with Gasteiger partial charge in [0.2, 0.25) is 5.92 Å². The summed E-state index contributed by atoms with van der Waals surface area (Å²) in [7, 11) is 0. The maximum Gasteiger partial charge on any atom is 0.410 e. The Morgan fingerprint density at radius 3 is 2.77 bits per heavy atom. The number of halogens is 2. The lowest BCUT2D eigenvalue weighted by Gasteiger charge is -2.36. The van der Waals surface area contributed by atoms with E-state index in [0.29, 0.717) is 67.4 Å². The molecule has 0 aromatic carbocycles. The lowest BCUT2D eigenvalue weighted by molar-refractivity contribution is -0.0361. The molecule has 1 atom stereocenters. The lowest BCUT2D eigenvalue weighted by atomic mass is 9.92. The van der Waals surface area contributed by atoms with Gasteiger partial charge in [0.25, 0.3) is 0 Å². The number of ether oxygens (including phenoxy) is 1. The van der Waals surface area contributed by atoms with E-state index in [1.54, 1.807) is 4.90 Å². The number of nitrogens with one attached hydrogen (secondary N) is 1.